The quantitative estimate of drug-likeness (QED) is 0.113. The second-order valence-electron chi connectivity index (χ2n) is 10.2. The number of aliphatic hydroxyl groups is 1. The molecule has 4 aromatic rings. The van der Waals surface area contributed by atoms with Crippen molar-refractivity contribution >= 4 is 43.7 Å². The lowest BCUT2D eigenvalue weighted by Gasteiger charge is -2.31. The van der Waals surface area contributed by atoms with E-state index >= 15 is 0 Å². The van der Waals surface area contributed by atoms with Crippen molar-refractivity contribution in [2.45, 2.75) is 31.0 Å². The number of amides is 1. The van der Waals surface area contributed by atoms with Gasteiger partial charge in [0.1, 0.15) is 5.75 Å². The Morgan fingerprint density at radius 2 is 1.57 bits per heavy atom. The molecule has 0 radical (unpaired) electrons. The monoisotopic (exact) mass is 727 g/mol. The van der Waals surface area contributed by atoms with Crippen LogP contribution in [-0.2, 0) is 22.5 Å². The van der Waals surface area contributed by atoms with Gasteiger partial charge in [-0.15, -0.1) is 0 Å². The van der Waals surface area contributed by atoms with E-state index in [4.69, 9.17) is 19.6 Å². The smallest absolute Gasteiger partial charge is 0.266 e. The molecule has 0 aromatic heterocycles. The Morgan fingerprint density at radius 1 is 0.909 bits per heavy atom. The average molecular weight is 729 g/mol. The molecule has 0 unspecified atom stereocenters. The highest BCUT2D eigenvalue weighted by Gasteiger charge is 2.53. The highest BCUT2D eigenvalue weighted by atomic mass is 79.9. The van der Waals surface area contributed by atoms with E-state index < -0.39 is 29.2 Å². The van der Waals surface area contributed by atoms with E-state index in [-0.39, 0.29) is 25.5 Å². The van der Waals surface area contributed by atoms with E-state index in [0.717, 1.165) is 32.2 Å². The van der Waals surface area contributed by atoms with Crippen LogP contribution in [0.1, 0.15) is 34.8 Å². The molecule has 1 amide bonds. The Balaban J connectivity index is 1.50. The fraction of sp³-hybridized carbons (Fsp3) is 0.212. The maximum absolute atomic E-state index is 14.2. The fourth-order valence-electron chi connectivity index (χ4n) is 4.82. The van der Waals surface area contributed by atoms with E-state index in [9.17, 15) is 13.6 Å². The molecule has 1 aliphatic rings. The molecule has 1 heterocycles. The molecule has 2 atom stereocenters. The van der Waals surface area contributed by atoms with E-state index in [0.29, 0.717) is 29.9 Å². The molecule has 44 heavy (non-hydrogen) atoms. The van der Waals surface area contributed by atoms with E-state index in [2.05, 4.69) is 42.7 Å². The molecule has 0 bridgehead atoms. The number of aliphatic hydroxyl groups excluding tert-OH is 1. The van der Waals surface area contributed by atoms with Gasteiger partial charge in [-0.3, -0.25) is 10.2 Å². The summed E-state index contributed by atoms with van der Waals surface area (Å²) in [5.41, 5.74) is 6.84. The van der Waals surface area contributed by atoms with Gasteiger partial charge in [0.15, 0.2) is 23.3 Å². The molecular weight excluding hydrogens is 700 g/mol. The molecule has 0 fully saturated rings. The number of nitrogens with one attached hydrogen (secondary N) is 2. The predicted octanol–water partition coefficient (Wildman–Crippen LogP) is 6.57. The van der Waals surface area contributed by atoms with Gasteiger partial charge in [-0.25, -0.2) is 19.2 Å². The van der Waals surface area contributed by atoms with Crippen molar-refractivity contribution in [1.29, 1.82) is 0 Å². The van der Waals surface area contributed by atoms with Gasteiger partial charge >= 0.3 is 0 Å². The van der Waals surface area contributed by atoms with Crippen molar-refractivity contribution < 1.29 is 28.2 Å². The number of hydrazine groups is 1. The molecule has 0 spiro atoms. The van der Waals surface area contributed by atoms with Gasteiger partial charge in [0, 0.05) is 40.5 Å². The summed E-state index contributed by atoms with van der Waals surface area (Å²) in [6.45, 7) is 0.473. The first-order valence-corrected chi connectivity index (χ1v) is 15.4. The molecule has 228 valence electrons. The van der Waals surface area contributed by atoms with Crippen LogP contribution in [0.4, 0.5) is 8.78 Å². The minimum atomic E-state index is -1.45. The van der Waals surface area contributed by atoms with Crippen LogP contribution in [0.15, 0.2) is 105 Å². The maximum Gasteiger partial charge on any atom is 0.266 e. The topological polar surface area (TPSA) is 92.2 Å². The normalized spacial score (nSPS) is 17.6. The largest absolute Gasteiger partial charge is 0.494 e. The van der Waals surface area contributed by atoms with Crippen LogP contribution in [0.2, 0.25) is 0 Å². The lowest BCUT2D eigenvalue weighted by molar-refractivity contribution is -0.130. The molecule has 5 rings (SSSR count). The van der Waals surface area contributed by atoms with Crippen LogP contribution in [0.3, 0.4) is 0 Å². The van der Waals surface area contributed by atoms with Crippen LogP contribution in [0.5, 0.6) is 5.75 Å². The number of halogens is 4. The second kappa shape index (κ2) is 14.4. The third kappa shape index (κ3) is 7.52. The van der Waals surface area contributed by atoms with Crippen LogP contribution in [-0.4, -0.2) is 35.7 Å². The van der Waals surface area contributed by atoms with E-state index in [1.807, 2.05) is 48.5 Å². The van der Waals surface area contributed by atoms with Gasteiger partial charge in [0.2, 0.25) is 5.90 Å². The summed E-state index contributed by atoms with van der Waals surface area (Å²) in [6.07, 6.45) is -0.0877. The van der Waals surface area contributed by atoms with Crippen molar-refractivity contribution in [3.63, 3.8) is 0 Å². The predicted molar refractivity (Wildman–Crippen MR) is 170 cm³/mol. The summed E-state index contributed by atoms with van der Waals surface area (Å²) < 4.78 is 41.1. The van der Waals surface area contributed by atoms with Crippen LogP contribution in [0.25, 0.3) is 0 Å². The summed E-state index contributed by atoms with van der Waals surface area (Å²) in [5.74, 6) is -1.47. The minimum absolute atomic E-state index is 0.0400. The standard InChI is InChI=1S/C33H29Br2F2N3O4/c34-25-9-2-21(3-10-25)19-33(32(42)40-38-20-22-4-15-28(36)29(37)18-22)30(23-5-11-26(35)12-6-23)44-31(39-33)24-7-13-27(14-8-24)43-17-1-16-41/h2-15,18,30,38,41H,1,16-17,19-20H2,(H,40,42)/t30-,33-/m0/s1. The lowest BCUT2D eigenvalue weighted by atomic mass is 9.82. The van der Waals surface area contributed by atoms with Gasteiger partial charge in [0.05, 0.1) is 6.61 Å². The summed E-state index contributed by atoms with van der Waals surface area (Å²) in [4.78, 5) is 19.2. The Kier molecular flexibility index (Phi) is 10.4. The average Bonchev–Trinajstić information content (AvgIpc) is 3.41. The summed E-state index contributed by atoms with van der Waals surface area (Å²) in [7, 11) is 0. The highest BCUT2D eigenvalue weighted by molar-refractivity contribution is 9.10. The first-order chi connectivity index (χ1) is 21.3. The second-order valence-corrected chi connectivity index (χ2v) is 12.0. The van der Waals surface area contributed by atoms with Crippen molar-refractivity contribution in [3.05, 3.63) is 134 Å². The molecule has 0 aliphatic carbocycles. The summed E-state index contributed by atoms with van der Waals surface area (Å²) in [6, 6.07) is 25.9. The number of carbonyl (C=O) groups excluding carboxylic acids is 1. The van der Waals surface area contributed by atoms with Gasteiger partial charge in [-0.1, -0.05) is 62.2 Å². The zero-order valence-corrected chi connectivity index (χ0v) is 26.6. The van der Waals surface area contributed by atoms with Crippen LogP contribution in [0, 0.1) is 11.6 Å². The zero-order chi connectivity index (χ0) is 31.1. The van der Waals surface area contributed by atoms with Gasteiger partial charge in [-0.2, -0.15) is 0 Å². The van der Waals surface area contributed by atoms with Gasteiger partial charge < -0.3 is 14.6 Å². The van der Waals surface area contributed by atoms with Crippen molar-refractivity contribution in [2.75, 3.05) is 13.2 Å². The van der Waals surface area contributed by atoms with Crippen molar-refractivity contribution in [1.82, 2.24) is 10.9 Å². The third-order valence-corrected chi connectivity index (χ3v) is 8.13. The molecule has 1 aliphatic heterocycles. The first kappa shape index (κ1) is 31.8. The van der Waals surface area contributed by atoms with Crippen LogP contribution >= 0.6 is 31.9 Å². The number of benzene rings is 4. The number of ether oxygens (including phenoxy) is 2. The van der Waals surface area contributed by atoms with E-state index in [1.165, 1.54) is 6.07 Å². The molecule has 4 aromatic carbocycles. The Hall–Kier alpha value is -3.64. The molecule has 7 nitrogen and oxygen atoms in total. The highest BCUT2D eigenvalue weighted by Crippen LogP contribution is 2.43. The Labute approximate surface area is 270 Å². The Bertz CT molecular complexity index is 1620. The Morgan fingerprint density at radius 3 is 2.23 bits per heavy atom. The zero-order valence-electron chi connectivity index (χ0n) is 23.4. The number of rotatable bonds is 12. The number of carbonyl (C=O) groups is 1. The number of hydrogen-bond donors (Lipinski definition) is 3. The van der Waals surface area contributed by atoms with Gasteiger partial charge in [0.25, 0.3) is 5.91 Å². The third-order valence-electron chi connectivity index (χ3n) is 7.07. The van der Waals surface area contributed by atoms with Crippen molar-refractivity contribution in [3.8, 4) is 5.75 Å². The number of nitrogens with zero attached hydrogens (tertiary/aromatic N) is 1. The number of hydrogen-bond acceptors (Lipinski definition) is 6. The molecule has 0 saturated heterocycles. The first-order valence-electron chi connectivity index (χ1n) is 13.8. The minimum Gasteiger partial charge on any atom is -0.494 e. The number of aliphatic imine (C=N–C) groups is 1. The molecule has 0 saturated carbocycles. The summed E-state index contributed by atoms with van der Waals surface area (Å²) >= 11 is 6.95. The molecular formula is C33H29Br2F2N3O4. The molecule has 11 heteroatoms. The van der Waals surface area contributed by atoms with Crippen LogP contribution < -0.4 is 15.6 Å². The van der Waals surface area contributed by atoms with Gasteiger partial charge in [-0.05, 0) is 77.4 Å². The maximum atomic E-state index is 14.2. The lowest BCUT2D eigenvalue weighted by Crippen LogP contribution is -2.53. The van der Waals surface area contributed by atoms with Crippen molar-refractivity contribution in [2.24, 2.45) is 4.99 Å². The SMILES string of the molecule is O=C(NNCc1ccc(F)c(F)c1)[C@@]1(Cc2ccc(Br)cc2)N=C(c2ccc(OCCCO)cc2)O[C@H]1c1ccc(Br)cc1. The molecule has 3 N–H and O–H groups in total. The summed E-state index contributed by atoms with van der Waals surface area (Å²) in [5, 5.41) is 9.03. The van der Waals surface area contributed by atoms with E-state index in [1.54, 1.807) is 24.3 Å². The fourth-order valence-corrected chi connectivity index (χ4v) is 5.35.